The highest BCUT2D eigenvalue weighted by atomic mass is 32.2. The molecule has 7 heteroatoms. The molecule has 0 bridgehead atoms. The van der Waals surface area contributed by atoms with Gasteiger partial charge in [-0.15, -0.1) is 0 Å². The molecule has 0 N–H and O–H groups in total. The van der Waals surface area contributed by atoms with Crippen LogP contribution in [-0.4, -0.2) is 57.0 Å². The summed E-state index contributed by atoms with van der Waals surface area (Å²) < 4.78 is 41.7. The molecule has 25 heavy (non-hydrogen) atoms. The average molecular weight is 369 g/mol. The van der Waals surface area contributed by atoms with Crippen molar-refractivity contribution in [1.82, 2.24) is 4.90 Å². The van der Waals surface area contributed by atoms with Crippen LogP contribution in [0.2, 0.25) is 0 Å². The van der Waals surface area contributed by atoms with Crippen molar-refractivity contribution in [3.05, 3.63) is 35.6 Å². The van der Waals surface area contributed by atoms with E-state index < -0.39 is 9.84 Å². The fourth-order valence-corrected chi connectivity index (χ4v) is 5.36. The van der Waals surface area contributed by atoms with Crippen LogP contribution in [0, 0.1) is 11.7 Å². The van der Waals surface area contributed by atoms with E-state index in [1.807, 2.05) is 0 Å². The third-order valence-corrected chi connectivity index (χ3v) is 6.84. The second kappa shape index (κ2) is 7.41. The van der Waals surface area contributed by atoms with Crippen LogP contribution in [0.4, 0.5) is 4.39 Å². The molecule has 1 aromatic rings. The summed E-state index contributed by atoms with van der Waals surface area (Å²) in [6, 6.07) is 6.04. The quantitative estimate of drug-likeness (QED) is 0.690. The van der Waals surface area contributed by atoms with Crippen molar-refractivity contribution >= 4 is 15.7 Å². The van der Waals surface area contributed by atoms with Crippen LogP contribution < -0.4 is 0 Å². The van der Waals surface area contributed by atoms with Crippen molar-refractivity contribution in [3.63, 3.8) is 0 Å². The monoisotopic (exact) mass is 369 g/mol. The van der Waals surface area contributed by atoms with Gasteiger partial charge in [-0.25, -0.2) is 12.8 Å². The number of amides is 1. The highest BCUT2D eigenvalue weighted by Crippen LogP contribution is 2.48. The van der Waals surface area contributed by atoms with E-state index in [1.54, 1.807) is 24.1 Å². The van der Waals surface area contributed by atoms with Gasteiger partial charge in [0.25, 0.3) is 0 Å². The van der Waals surface area contributed by atoms with Gasteiger partial charge in [-0.1, -0.05) is 12.1 Å². The molecule has 2 fully saturated rings. The molecule has 1 saturated heterocycles. The van der Waals surface area contributed by atoms with Crippen LogP contribution in [0.3, 0.4) is 0 Å². The van der Waals surface area contributed by atoms with Crippen LogP contribution in [0.1, 0.15) is 30.7 Å². The second-order valence-electron chi connectivity index (χ2n) is 6.94. The lowest BCUT2D eigenvalue weighted by molar-refractivity contribution is -0.134. The summed E-state index contributed by atoms with van der Waals surface area (Å²) in [5, 5.41) is 0. The van der Waals surface area contributed by atoms with Gasteiger partial charge < -0.3 is 9.64 Å². The predicted molar refractivity (Wildman–Crippen MR) is 92.5 cm³/mol. The highest BCUT2D eigenvalue weighted by molar-refractivity contribution is 7.91. The summed E-state index contributed by atoms with van der Waals surface area (Å²) in [6.07, 6.45) is 1.94. The number of hydrogen-bond donors (Lipinski definition) is 0. The first kappa shape index (κ1) is 18.3. The third kappa shape index (κ3) is 4.39. The van der Waals surface area contributed by atoms with E-state index >= 15 is 0 Å². The number of rotatable bonds is 7. The summed E-state index contributed by atoms with van der Waals surface area (Å²) in [6.45, 7) is 1.05. The zero-order valence-electron chi connectivity index (χ0n) is 14.4. The highest BCUT2D eigenvalue weighted by Gasteiger charge is 2.47. The molecule has 1 amide bonds. The Morgan fingerprint density at radius 1 is 1.32 bits per heavy atom. The Balaban J connectivity index is 1.68. The minimum absolute atomic E-state index is 0.0209. The van der Waals surface area contributed by atoms with Crippen LogP contribution in [0.15, 0.2) is 24.3 Å². The van der Waals surface area contributed by atoms with Gasteiger partial charge in [-0.05, 0) is 42.9 Å². The Bertz CT molecular complexity index is 719. The van der Waals surface area contributed by atoms with Crippen molar-refractivity contribution in [2.75, 3.05) is 31.8 Å². The van der Waals surface area contributed by atoms with Gasteiger partial charge in [0.15, 0.2) is 9.84 Å². The molecule has 3 atom stereocenters. The molecule has 0 radical (unpaired) electrons. The number of carbonyl (C=O) groups is 1. The van der Waals surface area contributed by atoms with Crippen molar-refractivity contribution < 1.29 is 22.3 Å². The summed E-state index contributed by atoms with van der Waals surface area (Å²) in [5.74, 6) is -0.0817. The van der Waals surface area contributed by atoms with E-state index in [2.05, 4.69) is 0 Å². The fraction of sp³-hybridized carbons (Fsp3) is 0.611. The molecule has 138 valence electrons. The summed E-state index contributed by atoms with van der Waals surface area (Å²) in [5.41, 5.74) is 0.968. The smallest absolute Gasteiger partial charge is 0.226 e. The van der Waals surface area contributed by atoms with E-state index in [1.165, 1.54) is 12.1 Å². The minimum atomic E-state index is -3.05. The maximum Gasteiger partial charge on any atom is 0.226 e. The molecule has 0 aromatic heterocycles. The lowest BCUT2D eigenvalue weighted by Gasteiger charge is -2.28. The van der Waals surface area contributed by atoms with Gasteiger partial charge >= 0.3 is 0 Å². The van der Waals surface area contributed by atoms with E-state index in [0.29, 0.717) is 26.0 Å². The number of sulfone groups is 1. The molecule has 1 aromatic carbocycles. The molecular weight excluding hydrogens is 345 g/mol. The zero-order chi connectivity index (χ0) is 18.0. The molecule has 1 aliphatic carbocycles. The predicted octanol–water partition coefficient (Wildman–Crippen LogP) is 1.98. The number of hydrogen-bond acceptors (Lipinski definition) is 4. The van der Waals surface area contributed by atoms with E-state index in [4.69, 9.17) is 4.74 Å². The summed E-state index contributed by atoms with van der Waals surface area (Å²) >= 11 is 0. The molecule has 2 aliphatic rings. The molecule has 1 saturated carbocycles. The fourth-order valence-electron chi connectivity index (χ4n) is 3.63. The standard InChI is InChI=1S/C18H24FNO4S/c1-24-9-2-8-20(15-7-10-25(22,23)12-15)18(21)17-11-16(17)13-3-5-14(19)6-4-13/h3-6,15-17H,2,7-12H2,1H3. The summed E-state index contributed by atoms with van der Waals surface area (Å²) in [7, 11) is -1.44. The Kier molecular flexibility index (Phi) is 5.43. The van der Waals surface area contributed by atoms with Crippen LogP contribution in [0.25, 0.3) is 0 Å². The Morgan fingerprint density at radius 3 is 2.64 bits per heavy atom. The first-order valence-corrected chi connectivity index (χ1v) is 10.5. The second-order valence-corrected chi connectivity index (χ2v) is 9.16. The number of methoxy groups -OCH3 is 1. The number of carbonyl (C=O) groups excluding carboxylic acids is 1. The van der Waals surface area contributed by atoms with Gasteiger partial charge in [-0.3, -0.25) is 4.79 Å². The normalized spacial score (nSPS) is 27.2. The Hall–Kier alpha value is -1.47. The minimum Gasteiger partial charge on any atom is -0.385 e. The lowest BCUT2D eigenvalue weighted by atomic mass is 10.1. The van der Waals surface area contributed by atoms with E-state index in [0.717, 1.165) is 12.0 Å². The van der Waals surface area contributed by atoms with Gasteiger partial charge in [-0.2, -0.15) is 0 Å². The van der Waals surface area contributed by atoms with Gasteiger partial charge in [0.1, 0.15) is 5.82 Å². The maximum atomic E-state index is 13.1. The van der Waals surface area contributed by atoms with Crippen molar-refractivity contribution in [1.29, 1.82) is 0 Å². The molecule has 1 aliphatic heterocycles. The number of halogens is 1. The molecule has 3 unspecified atom stereocenters. The van der Waals surface area contributed by atoms with Crippen molar-refractivity contribution in [2.24, 2.45) is 5.92 Å². The van der Waals surface area contributed by atoms with Gasteiger partial charge in [0.2, 0.25) is 5.91 Å². The first-order valence-electron chi connectivity index (χ1n) is 8.66. The largest absolute Gasteiger partial charge is 0.385 e. The van der Waals surface area contributed by atoms with Gasteiger partial charge in [0, 0.05) is 32.2 Å². The Labute approximate surface area is 148 Å². The van der Waals surface area contributed by atoms with Gasteiger partial charge in [0.05, 0.1) is 11.5 Å². The topological polar surface area (TPSA) is 63.7 Å². The SMILES string of the molecule is COCCCN(C(=O)C1CC1c1ccc(F)cc1)C1CCS(=O)(=O)C1. The maximum absolute atomic E-state index is 13.1. The van der Waals surface area contributed by atoms with Crippen molar-refractivity contribution in [3.8, 4) is 0 Å². The van der Waals surface area contributed by atoms with Crippen LogP contribution >= 0.6 is 0 Å². The molecular formula is C18H24FNO4S. The Morgan fingerprint density at radius 2 is 2.04 bits per heavy atom. The molecule has 5 nitrogen and oxygen atoms in total. The zero-order valence-corrected chi connectivity index (χ0v) is 15.2. The average Bonchev–Trinajstić information content (AvgIpc) is 3.29. The molecule has 3 rings (SSSR count). The number of benzene rings is 1. The van der Waals surface area contributed by atoms with Crippen LogP contribution in [-0.2, 0) is 19.4 Å². The third-order valence-electron chi connectivity index (χ3n) is 5.09. The van der Waals surface area contributed by atoms with Crippen molar-refractivity contribution in [2.45, 2.75) is 31.2 Å². The molecule has 1 heterocycles. The number of ether oxygens (including phenoxy) is 1. The van der Waals surface area contributed by atoms with E-state index in [-0.39, 0.29) is 41.1 Å². The van der Waals surface area contributed by atoms with E-state index in [9.17, 15) is 17.6 Å². The molecule has 0 spiro atoms. The summed E-state index contributed by atoms with van der Waals surface area (Å²) in [4.78, 5) is 14.7. The van der Waals surface area contributed by atoms with Crippen LogP contribution in [0.5, 0.6) is 0 Å². The number of nitrogens with zero attached hydrogens (tertiary/aromatic N) is 1. The lowest BCUT2D eigenvalue weighted by Crippen LogP contribution is -2.43. The first-order chi connectivity index (χ1) is 11.9.